The SMILES string of the molecule is Cc1cncc(C(=O)N2CC[C@H](O)C2)c1. The second kappa shape index (κ2) is 3.98. The van der Waals surface area contributed by atoms with Crippen LogP contribution in [0, 0.1) is 6.92 Å². The van der Waals surface area contributed by atoms with Gasteiger partial charge in [0.25, 0.3) is 5.91 Å². The molecule has 1 amide bonds. The minimum atomic E-state index is -0.369. The lowest BCUT2D eigenvalue weighted by atomic mass is 10.2. The van der Waals surface area contributed by atoms with Crippen molar-refractivity contribution in [3.8, 4) is 0 Å². The summed E-state index contributed by atoms with van der Waals surface area (Å²) in [5.41, 5.74) is 1.57. The van der Waals surface area contributed by atoms with Gasteiger partial charge in [0.2, 0.25) is 0 Å². The largest absolute Gasteiger partial charge is 0.391 e. The van der Waals surface area contributed by atoms with Gasteiger partial charge in [0.15, 0.2) is 0 Å². The molecule has 0 bridgehead atoms. The van der Waals surface area contributed by atoms with Crippen LogP contribution in [0.5, 0.6) is 0 Å². The summed E-state index contributed by atoms with van der Waals surface area (Å²) < 4.78 is 0. The molecular weight excluding hydrogens is 192 g/mol. The number of aromatic nitrogens is 1. The molecule has 0 saturated carbocycles. The standard InChI is InChI=1S/C11H14N2O2/c1-8-4-9(6-12-5-8)11(15)13-3-2-10(14)7-13/h4-6,10,14H,2-3,7H2,1H3/t10-/m0/s1. The number of rotatable bonds is 1. The molecular formula is C11H14N2O2. The second-order valence-corrected chi connectivity index (χ2v) is 3.94. The van der Waals surface area contributed by atoms with E-state index in [1.807, 2.05) is 13.0 Å². The molecule has 0 aliphatic carbocycles. The minimum absolute atomic E-state index is 0.0391. The van der Waals surface area contributed by atoms with E-state index in [9.17, 15) is 9.90 Å². The van der Waals surface area contributed by atoms with Crippen LogP contribution in [0.15, 0.2) is 18.5 Å². The Bertz CT molecular complexity index is 379. The Morgan fingerprint density at radius 3 is 3.00 bits per heavy atom. The summed E-state index contributed by atoms with van der Waals surface area (Å²) in [5.74, 6) is -0.0391. The monoisotopic (exact) mass is 206 g/mol. The number of aliphatic hydroxyl groups excluding tert-OH is 1. The number of hydrogen-bond acceptors (Lipinski definition) is 3. The number of aliphatic hydroxyl groups is 1. The van der Waals surface area contributed by atoms with Crippen LogP contribution in [-0.4, -0.2) is 40.1 Å². The van der Waals surface area contributed by atoms with Crippen molar-refractivity contribution in [1.29, 1.82) is 0 Å². The van der Waals surface area contributed by atoms with Crippen LogP contribution in [0.4, 0.5) is 0 Å². The smallest absolute Gasteiger partial charge is 0.255 e. The molecule has 1 N–H and O–H groups in total. The molecule has 1 saturated heterocycles. The maximum absolute atomic E-state index is 11.9. The normalized spacial score (nSPS) is 20.7. The summed E-state index contributed by atoms with van der Waals surface area (Å²) in [6.45, 7) is 2.98. The van der Waals surface area contributed by atoms with E-state index in [0.29, 0.717) is 25.1 Å². The van der Waals surface area contributed by atoms with Gasteiger partial charge in [-0.05, 0) is 25.0 Å². The highest BCUT2D eigenvalue weighted by atomic mass is 16.3. The number of carbonyl (C=O) groups is 1. The highest BCUT2D eigenvalue weighted by molar-refractivity contribution is 5.94. The number of likely N-dealkylation sites (tertiary alicyclic amines) is 1. The van der Waals surface area contributed by atoms with Crippen molar-refractivity contribution < 1.29 is 9.90 Å². The van der Waals surface area contributed by atoms with Crippen LogP contribution in [0.25, 0.3) is 0 Å². The summed E-state index contributed by atoms with van der Waals surface area (Å²) in [4.78, 5) is 17.6. The molecule has 1 aliphatic heterocycles. The third-order valence-electron chi connectivity index (χ3n) is 2.57. The average molecular weight is 206 g/mol. The van der Waals surface area contributed by atoms with Gasteiger partial charge in [-0.3, -0.25) is 9.78 Å². The molecule has 1 atom stereocenters. The Balaban J connectivity index is 2.14. The first-order chi connectivity index (χ1) is 7.16. The first-order valence-corrected chi connectivity index (χ1v) is 5.06. The maximum atomic E-state index is 11.9. The molecule has 80 valence electrons. The Hall–Kier alpha value is -1.42. The highest BCUT2D eigenvalue weighted by Crippen LogP contribution is 2.13. The zero-order chi connectivity index (χ0) is 10.8. The molecule has 1 fully saturated rings. The zero-order valence-electron chi connectivity index (χ0n) is 8.68. The van der Waals surface area contributed by atoms with Gasteiger partial charge < -0.3 is 10.0 Å². The summed E-state index contributed by atoms with van der Waals surface area (Å²) >= 11 is 0. The third-order valence-corrected chi connectivity index (χ3v) is 2.57. The van der Waals surface area contributed by atoms with Gasteiger partial charge in [0.1, 0.15) is 0 Å². The van der Waals surface area contributed by atoms with E-state index in [4.69, 9.17) is 0 Å². The summed E-state index contributed by atoms with van der Waals surface area (Å²) in [6, 6.07) is 1.82. The van der Waals surface area contributed by atoms with Crippen molar-refractivity contribution >= 4 is 5.91 Å². The number of hydrogen-bond donors (Lipinski definition) is 1. The van der Waals surface area contributed by atoms with Gasteiger partial charge in [0, 0.05) is 25.5 Å². The lowest BCUT2D eigenvalue weighted by molar-refractivity contribution is 0.0764. The van der Waals surface area contributed by atoms with E-state index in [2.05, 4.69) is 4.98 Å². The van der Waals surface area contributed by atoms with Crippen molar-refractivity contribution in [2.24, 2.45) is 0 Å². The van der Waals surface area contributed by atoms with Gasteiger partial charge in [-0.1, -0.05) is 0 Å². The molecule has 4 heteroatoms. The molecule has 0 radical (unpaired) electrons. The molecule has 0 unspecified atom stereocenters. The maximum Gasteiger partial charge on any atom is 0.255 e. The molecule has 0 spiro atoms. The Labute approximate surface area is 88.6 Å². The van der Waals surface area contributed by atoms with E-state index in [-0.39, 0.29) is 12.0 Å². The Morgan fingerprint density at radius 2 is 2.40 bits per heavy atom. The lowest BCUT2D eigenvalue weighted by Gasteiger charge is -2.15. The first-order valence-electron chi connectivity index (χ1n) is 5.06. The van der Waals surface area contributed by atoms with Crippen LogP contribution in [0.1, 0.15) is 22.3 Å². The highest BCUT2D eigenvalue weighted by Gasteiger charge is 2.25. The lowest BCUT2D eigenvalue weighted by Crippen LogP contribution is -2.29. The predicted octanol–water partition coefficient (Wildman–Crippen LogP) is 0.597. The molecule has 15 heavy (non-hydrogen) atoms. The van der Waals surface area contributed by atoms with Gasteiger partial charge in [0.05, 0.1) is 11.7 Å². The summed E-state index contributed by atoms with van der Waals surface area (Å²) in [5, 5.41) is 9.34. The van der Waals surface area contributed by atoms with Crippen LogP contribution >= 0.6 is 0 Å². The van der Waals surface area contributed by atoms with Crippen molar-refractivity contribution in [1.82, 2.24) is 9.88 Å². The van der Waals surface area contributed by atoms with E-state index in [1.54, 1.807) is 17.3 Å². The number of pyridine rings is 1. The van der Waals surface area contributed by atoms with E-state index in [1.165, 1.54) is 0 Å². The quantitative estimate of drug-likeness (QED) is 0.732. The minimum Gasteiger partial charge on any atom is -0.391 e. The number of carbonyl (C=O) groups excluding carboxylic acids is 1. The summed E-state index contributed by atoms with van der Waals surface area (Å²) in [7, 11) is 0. The van der Waals surface area contributed by atoms with E-state index >= 15 is 0 Å². The van der Waals surface area contributed by atoms with Crippen molar-refractivity contribution in [3.05, 3.63) is 29.6 Å². The topological polar surface area (TPSA) is 53.4 Å². The fraction of sp³-hybridized carbons (Fsp3) is 0.455. The van der Waals surface area contributed by atoms with Crippen LogP contribution in [-0.2, 0) is 0 Å². The van der Waals surface area contributed by atoms with Gasteiger partial charge in [-0.2, -0.15) is 0 Å². The van der Waals surface area contributed by atoms with Gasteiger partial charge in [-0.15, -0.1) is 0 Å². The van der Waals surface area contributed by atoms with Gasteiger partial charge >= 0.3 is 0 Å². The van der Waals surface area contributed by atoms with E-state index in [0.717, 1.165) is 5.56 Å². The average Bonchev–Trinajstić information content (AvgIpc) is 2.64. The molecule has 2 heterocycles. The number of aryl methyl sites for hydroxylation is 1. The first kappa shape index (κ1) is 10.1. The second-order valence-electron chi connectivity index (χ2n) is 3.94. The van der Waals surface area contributed by atoms with Crippen molar-refractivity contribution in [2.75, 3.05) is 13.1 Å². The Kier molecular flexibility index (Phi) is 2.68. The summed E-state index contributed by atoms with van der Waals surface area (Å²) in [6.07, 6.45) is 3.59. The fourth-order valence-corrected chi connectivity index (χ4v) is 1.78. The van der Waals surface area contributed by atoms with Crippen molar-refractivity contribution in [2.45, 2.75) is 19.4 Å². The predicted molar refractivity (Wildman–Crippen MR) is 55.5 cm³/mol. The van der Waals surface area contributed by atoms with Crippen molar-refractivity contribution in [3.63, 3.8) is 0 Å². The molecule has 4 nitrogen and oxygen atoms in total. The number of nitrogens with zero attached hydrogens (tertiary/aromatic N) is 2. The molecule has 1 aromatic heterocycles. The van der Waals surface area contributed by atoms with Gasteiger partial charge in [-0.25, -0.2) is 0 Å². The molecule has 1 aromatic rings. The van der Waals surface area contributed by atoms with Crippen LogP contribution in [0.3, 0.4) is 0 Å². The Morgan fingerprint density at radius 1 is 1.60 bits per heavy atom. The molecule has 1 aliphatic rings. The van der Waals surface area contributed by atoms with Crippen LogP contribution < -0.4 is 0 Å². The zero-order valence-corrected chi connectivity index (χ0v) is 8.68. The fourth-order valence-electron chi connectivity index (χ4n) is 1.78. The molecule has 0 aromatic carbocycles. The number of amides is 1. The third kappa shape index (κ3) is 2.15. The number of β-amino-alcohol motifs (C(OH)–C–C–N with tert-alkyl or cyclic N) is 1. The van der Waals surface area contributed by atoms with Crippen LogP contribution in [0.2, 0.25) is 0 Å². The molecule has 2 rings (SSSR count). The van der Waals surface area contributed by atoms with E-state index < -0.39 is 0 Å².